The number of nitrogens with zero attached hydrogens (tertiary/aromatic N) is 6. The lowest BCUT2D eigenvalue weighted by Gasteiger charge is -2.36. The summed E-state index contributed by atoms with van der Waals surface area (Å²) >= 11 is 0. The summed E-state index contributed by atoms with van der Waals surface area (Å²) in [4.78, 5) is 18.9. The molecule has 4 rings (SSSR count). The predicted octanol–water partition coefficient (Wildman–Crippen LogP) is 1.15. The summed E-state index contributed by atoms with van der Waals surface area (Å²) in [5.74, 6) is 0.840. The van der Waals surface area contributed by atoms with E-state index in [0.29, 0.717) is 37.3 Å². The van der Waals surface area contributed by atoms with Crippen molar-refractivity contribution in [3.63, 3.8) is 0 Å². The van der Waals surface area contributed by atoms with Crippen molar-refractivity contribution in [2.75, 3.05) is 62.3 Å². The molecule has 0 N–H and O–H groups in total. The Kier molecular flexibility index (Phi) is 5.35. The Morgan fingerprint density at radius 2 is 1.71 bits per heavy atom. The van der Waals surface area contributed by atoms with Crippen LogP contribution in [0.1, 0.15) is 15.9 Å². The molecule has 1 aromatic heterocycles. The fourth-order valence-corrected chi connectivity index (χ4v) is 3.50. The first kappa shape index (κ1) is 18.2. The lowest BCUT2D eigenvalue weighted by Crippen LogP contribution is -2.49. The minimum absolute atomic E-state index is 0.00251. The third kappa shape index (κ3) is 3.89. The van der Waals surface area contributed by atoms with E-state index in [1.54, 1.807) is 30.5 Å². The molecule has 0 bridgehead atoms. The minimum atomic E-state index is -0.00251. The summed E-state index contributed by atoms with van der Waals surface area (Å²) < 4.78 is 5.41. The van der Waals surface area contributed by atoms with Gasteiger partial charge in [-0.3, -0.25) is 4.79 Å². The highest BCUT2D eigenvalue weighted by molar-refractivity contribution is 5.94. The Morgan fingerprint density at radius 1 is 1.00 bits per heavy atom. The second-order valence-corrected chi connectivity index (χ2v) is 6.84. The highest BCUT2D eigenvalue weighted by atomic mass is 16.5. The molecule has 2 aliphatic rings. The van der Waals surface area contributed by atoms with Crippen molar-refractivity contribution in [1.29, 1.82) is 5.26 Å². The number of amides is 1. The van der Waals surface area contributed by atoms with Crippen molar-refractivity contribution in [2.24, 2.45) is 0 Å². The van der Waals surface area contributed by atoms with E-state index in [0.717, 1.165) is 37.8 Å². The number of morpholine rings is 1. The van der Waals surface area contributed by atoms with E-state index in [9.17, 15) is 4.79 Å². The number of rotatable bonds is 3. The van der Waals surface area contributed by atoms with Gasteiger partial charge in [0.2, 0.25) is 0 Å². The Morgan fingerprint density at radius 3 is 2.39 bits per heavy atom. The summed E-state index contributed by atoms with van der Waals surface area (Å²) in [5.41, 5.74) is 2.23. The highest BCUT2D eigenvalue weighted by Gasteiger charge is 2.24. The molecule has 0 radical (unpaired) electrons. The van der Waals surface area contributed by atoms with Crippen molar-refractivity contribution in [1.82, 2.24) is 15.1 Å². The number of piperazine rings is 1. The average molecular weight is 378 g/mol. The molecule has 0 atom stereocenters. The molecule has 2 fully saturated rings. The number of ether oxygens (including phenoxy) is 1. The summed E-state index contributed by atoms with van der Waals surface area (Å²) in [6.07, 6.45) is 1.79. The van der Waals surface area contributed by atoms with Crippen molar-refractivity contribution in [3.05, 3.63) is 47.7 Å². The van der Waals surface area contributed by atoms with Crippen molar-refractivity contribution in [3.8, 4) is 6.07 Å². The molecular formula is C20H22N6O2. The van der Waals surface area contributed by atoms with Gasteiger partial charge in [-0.05, 0) is 24.3 Å². The zero-order chi connectivity index (χ0) is 19.3. The number of hydrogen-bond donors (Lipinski definition) is 0. The standard InChI is InChI=1S/C20H22N6O2/c21-14-16-1-3-17(4-2-16)20(27)26-7-5-25(6-8-26)19-13-18(15-22-23-19)24-9-11-28-12-10-24/h1-4,13,15H,5-12H2. The van der Waals surface area contributed by atoms with Crippen LogP contribution < -0.4 is 9.80 Å². The van der Waals surface area contributed by atoms with Gasteiger partial charge in [0.1, 0.15) is 0 Å². The molecule has 3 heterocycles. The van der Waals surface area contributed by atoms with Crippen LogP contribution in [0.3, 0.4) is 0 Å². The SMILES string of the molecule is N#Cc1ccc(C(=O)N2CCN(c3cc(N4CCOCC4)cnn3)CC2)cc1. The molecule has 0 unspecified atom stereocenters. The van der Waals surface area contributed by atoms with E-state index in [1.165, 1.54) is 0 Å². The van der Waals surface area contributed by atoms with Gasteiger partial charge in [0.25, 0.3) is 5.91 Å². The fraction of sp³-hybridized carbons (Fsp3) is 0.400. The van der Waals surface area contributed by atoms with Crippen LogP contribution in [0.15, 0.2) is 36.5 Å². The Labute approximate surface area is 163 Å². The quantitative estimate of drug-likeness (QED) is 0.792. The number of carbonyl (C=O) groups is 1. The van der Waals surface area contributed by atoms with E-state index in [4.69, 9.17) is 10.00 Å². The first-order valence-electron chi connectivity index (χ1n) is 9.44. The van der Waals surface area contributed by atoms with Crippen LogP contribution in [0.4, 0.5) is 11.5 Å². The van der Waals surface area contributed by atoms with Gasteiger partial charge in [-0.15, -0.1) is 5.10 Å². The molecule has 8 nitrogen and oxygen atoms in total. The monoisotopic (exact) mass is 378 g/mol. The van der Waals surface area contributed by atoms with Gasteiger partial charge >= 0.3 is 0 Å². The van der Waals surface area contributed by atoms with E-state index >= 15 is 0 Å². The van der Waals surface area contributed by atoms with Gasteiger partial charge < -0.3 is 19.4 Å². The summed E-state index contributed by atoms with van der Waals surface area (Å²) in [6, 6.07) is 10.9. The van der Waals surface area contributed by atoms with E-state index in [1.807, 2.05) is 4.90 Å². The lowest BCUT2D eigenvalue weighted by molar-refractivity contribution is 0.0746. The van der Waals surface area contributed by atoms with Crippen LogP contribution in [0, 0.1) is 11.3 Å². The number of carbonyl (C=O) groups excluding carboxylic acids is 1. The molecule has 2 aliphatic heterocycles. The molecule has 144 valence electrons. The largest absolute Gasteiger partial charge is 0.378 e. The Bertz CT molecular complexity index is 865. The van der Waals surface area contributed by atoms with E-state index in [-0.39, 0.29) is 5.91 Å². The normalized spacial score (nSPS) is 17.3. The number of hydrogen-bond acceptors (Lipinski definition) is 7. The topological polar surface area (TPSA) is 85.6 Å². The maximum absolute atomic E-state index is 12.7. The van der Waals surface area contributed by atoms with Crippen molar-refractivity contribution in [2.45, 2.75) is 0 Å². The van der Waals surface area contributed by atoms with Crippen LogP contribution in [-0.2, 0) is 4.74 Å². The molecule has 8 heteroatoms. The Hall–Kier alpha value is -3.18. The number of anilines is 2. The van der Waals surface area contributed by atoms with E-state index in [2.05, 4.69) is 32.1 Å². The number of benzene rings is 1. The molecule has 1 amide bonds. The highest BCUT2D eigenvalue weighted by Crippen LogP contribution is 2.21. The van der Waals surface area contributed by atoms with Crippen LogP contribution in [0.2, 0.25) is 0 Å². The molecular weight excluding hydrogens is 356 g/mol. The molecule has 0 spiro atoms. The number of aromatic nitrogens is 2. The zero-order valence-electron chi connectivity index (χ0n) is 15.6. The van der Waals surface area contributed by atoms with Gasteiger partial charge in [-0.1, -0.05) is 0 Å². The maximum atomic E-state index is 12.7. The van der Waals surface area contributed by atoms with Gasteiger partial charge in [-0.25, -0.2) is 0 Å². The summed E-state index contributed by atoms with van der Waals surface area (Å²) in [5, 5.41) is 17.3. The molecule has 1 aromatic carbocycles. The van der Waals surface area contributed by atoms with Crippen LogP contribution in [0.5, 0.6) is 0 Å². The minimum Gasteiger partial charge on any atom is -0.378 e. The first-order valence-corrected chi connectivity index (χ1v) is 9.44. The third-order valence-corrected chi connectivity index (χ3v) is 5.16. The zero-order valence-corrected chi connectivity index (χ0v) is 15.6. The Balaban J connectivity index is 1.38. The maximum Gasteiger partial charge on any atom is 0.253 e. The van der Waals surface area contributed by atoms with Gasteiger partial charge in [0, 0.05) is 50.9 Å². The van der Waals surface area contributed by atoms with Crippen LogP contribution >= 0.6 is 0 Å². The lowest BCUT2D eigenvalue weighted by atomic mass is 10.1. The molecule has 0 saturated carbocycles. The molecule has 0 aliphatic carbocycles. The van der Waals surface area contributed by atoms with Gasteiger partial charge in [-0.2, -0.15) is 10.4 Å². The van der Waals surface area contributed by atoms with Gasteiger partial charge in [0.05, 0.1) is 36.7 Å². The van der Waals surface area contributed by atoms with Crippen molar-refractivity contribution < 1.29 is 9.53 Å². The fourth-order valence-electron chi connectivity index (χ4n) is 3.50. The van der Waals surface area contributed by atoms with Crippen LogP contribution in [-0.4, -0.2) is 73.5 Å². The third-order valence-electron chi connectivity index (χ3n) is 5.16. The predicted molar refractivity (Wildman–Crippen MR) is 104 cm³/mol. The van der Waals surface area contributed by atoms with Crippen molar-refractivity contribution >= 4 is 17.4 Å². The second-order valence-electron chi connectivity index (χ2n) is 6.84. The second kappa shape index (κ2) is 8.23. The molecule has 2 saturated heterocycles. The molecule has 2 aromatic rings. The average Bonchev–Trinajstić information content (AvgIpc) is 2.79. The molecule has 28 heavy (non-hydrogen) atoms. The number of nitriles is 1. The summed E-state index contributed by atoms with van der Waals surface area (Å²) in [7, 11) is 0. The first-order chi connectivity index (χ1) is 13.7. The smallest absolute Gasteiger partial charge is 0.253 e. The van der Waals surface area contributed by atoms with E-state index < -0.39 is 0 Å². The van der Waals surface area contributed by atoms with Crippen LogP contribution in [0.25, 0.3) is 0 Å². The summed E-state index contributed by atoms with van der Waals surface area (Å²) in [6.45, 7) is 5.86. The van der Waals surface area contributed by atoms with Gasteiger partial charge in [0.15, 0.2) is 5.82 Å².